The molecule has 0 fully saturated rings. The highest BCUT2D eigenvalue weighted by Gasteiger charge is 2.14. The molecule has 2 heterocycles. The molecule has 0 aliphatic heterocycles. The number of anilines is 1. The van der Waals surface area contributed by atoms with Crippen molar-refractivity contribution in [3.8, 4) is 11.3 Å². The van der Waals surface area contributed by atoms with Crippen LogP contribution in [-0.2, 0) is 13.5 Å². The van der Waals surface area contributed by atoms with Gasteiger partial charge in [-0.1, -0.05) is 50.4 Å². The summed E-state index contributed by atoms with van der Waals surface area (Å²) in [6, 6.07) is 7.70. The van der Waals surface area contributed by atoms with Crippen molar-refractivity contribution in [3.05, 3.63) is 52.6 Å². The molecule has 0 atom stereocenters. The molecule has 0 aliphatic carbocycles. The number of nitrogens with zero attached hydrogens (tertiary/aromatic N) is 3. The number of nitrogens with one attached hydrogen (secondary N) is 1. The van der Waals surface area contributed by atoms with E-state index in [9.17, 15) is 4.79 Å². The summed E-state index contributed by atoms with van der Waals surface area (Å²) < 4.78 is 4.80. The van der Waals surface area contributed by atoms with Crippen molar-refractivity contribution in [2.24, 2.45) is 7.05 Å². The molecule has 5 nitrogen and oxygen atoms in total. The van der Waals surface area contributed by atoms with E-state index >= 15 is 0 Å². The standard InChI is InChI=1S/C19H22N4OS/c1-4-8-13-11-20-19(22-25-5-2)21-17(13)16-12-23(3)18(24)15-10-7-6-9-14(15)16/h6-7,9-12H,4-5,8H2,1-3H3,(H,20,21,22). The maximum absolute atomic E-state index is 12.4. The predicted octanol–water partition coefficient (Wildman–Crippen LogP) is 4.03. The second-order valence-corrected chi connectivity index (χ2v) is 6.93. The number of fused-ring (bicyclic) bond motifs is 1. The average molecular weight is 354 g/mol. The van der Waals surface area contributed by atoms with Crippen LogP contribution < -0.4 is 10.3 Å². The molecule has 0 radical (unpaired) electrons. The lowest BCUT2D eigenvalue weighted by molar-refractivity contribution is 0.870. The summed E-state index contributed by atoms with van der Waals surface area (Å²) >= 11 is 1.56. The summed E-state index contributed by atoms with van der Waals surface area (Å²) in [6.07, 6.45) is 5.68. The molecule has 0 saturated carbocycles. The zero-order valence-electron chi connectivity index (χ0n) is 14.7. The van der Waals surface area contributed by atoms with Crippen molar-refractivity contribution in [3.63, 3.8) is 0 Å². The van der Waals surface area contributed by atoms with Gasteiger partial charge in [0.2, 0.25) is 5.95 Å². The third-order valence-corrected chi connectivity index (χ3v) is 4.65. The lowest BCUT2D eigenvalue weighted by atomic mass is 10.00. The zero-order chi connectivity index (χ0) is 17.8. The van der Waals surface area contributed by atoms with Crippen LogP contribution in [0.25, 0.3) is 22.0 Å². The molecule has 0 bridgehead atoms. The van der Waals surface area contributed by atoms with Crippen LogP contribution in [0, 0.1) is 0 Å². The summed E-state index contributed by atoms with van der Waals surface area (Å²) in [5, 5.41) is 1.64. The molecule has 25 heavy (non-hydrogen) atoms. The Morgan fingerprint density at radius 1 is 1.20 bits per heavy atom. The van der Waals surface area contributed by atoms with Gasteiger partial charge in [0.15, 0.2) is 0 Å². The first-order chi connectivity index (χ1) is 12.2. The van der Waals surface area contributed by atoms with Gasteiger partial charge in [0, 0.05) is 36.1 Å². The Morgan fingerprint density at radius 2 is 1.96 bits per heavy atom. The first-order valence-corrected chi connectivity index (χ1v) is 9.46. The number of aryl methyl sites for hydroxylation is 2. The fourth-order valence-electron chi connectivity index (χ4n) is 2.88. The van der Waals surface area contributed by atoms with E-state index in [1.165, 1.54) is 0 Å². The first kappa shape index (κ1) is 17.5. The van der Waals surface area contributed by atoms with Crippen molar-refractivity contribution >= 4 is 28.7 Å². The Morgan fingerprint density at radius 3 is 2.68 bits per heavy atom. The van der Waals surface area contributed by atoms with E-state index in [2.05, 4.69) is 23.6 Å². The van der Waals surface area contributed by atoms with Crippen LogP contribution in [0.3, 0.4) is 0 Å². The first-order valence-electron chi connectivity index (χ1n) is 8.48. The highest BCUT2D eigenvalue weighted by Crippen LogP contribution is 2.29. The highest BCUT2D eigenvalue weighted by molar-refractivity contribution is 8.00. The van der Waals surface area contributed by atoms with Crippen LogP contribution in [0.5, 0.6) is 0 Å². The fourth-order valence-corrected chi connectivity index (χ4v) is 3.25. The van der Waals surface area contributed by atoms with E-state index in [4.69, 9.17) is 4.98 Å². The van der Waals surface area contributed by atoms with Gasteiger partial charge in [-0.05, 0) is 23.4 Å². The molecule has 1 aromatic carbocycles. The highest BCUT2D eigenvalue weighted by atomic mass is 32.2. The van der Waals surface area contributed by atoms with E-state index in [0.29, 0.717) is 11.3 Å². The zero-order valence-corrected chi connectivity index (χ0v) is 15.6. The number of hydrogen-bond donors (Lipinski definition) is 1. The Hall–Kier alpha value is -2.34. The Bertz CT molecular complexity index is 952. The minimum atomic E-state index is 0.00494. The quantitative estimate of drug-likeness (QED) is 0.677. The number of aromatic nitrogens is 3. The molecule has 1 N–H and O–H groups in total. The number of benzene rings is 1. The Balaban J connectivity index is 2.25. The number of rotatable bonds is 6. The molecular weight excluding hydrogens is 332 g/mol. The van der Waals surface area contributed by atoms with Crippen LogP contribution >= 0.6 is 11.9 Å². The van der Waals surface area contributed by atoms with Crippen LogP contribution in [0.4, 0.5) is 5.95 Å². The third-order valence-electron chi connectivity index (χ3n) is 4.04. The van der Waals surface area contributed by atoms with E-state index in [0.717, 1.165) is 40.8 Å². The van der Waals surface area contributed by atoms with Crippen molar-refractivity contribution in [2.45, 2.75) is 26.7 Å². The molecule has 6 heteroatoms. The minimum absolute atomic E-state index is 0.00494. The van der Waals surface area contributed by atoms with Crippen molar-refractivity contribution in [1.29, 1.82) is 0 Å². The summed E-state index contributed by atoms with van der Waals surface area (Å²) in [4.78, 5) is 21.6. The van der Waals surface area contributed by atoms with E-state index in [-0.39, 0.29) is 5.56 Å². The monoisotopic (exact) mass is 354 g/mol. The van der Waals surface area contributed by atoms with Crippen LogP contribution in [0.1, 0.15) is 25.8 Å². The smallest absolute Gasteiger partial charge is 0.258 e. The molecular formula is C19H22N4OS. The van der Waals surface area contributed by atoms with Crippen molar-refractivity contribution < 1.29 is 0 Å². The third kappa shape index (κ3) is 3.54. The predicted molar refractivity (Wildman–Crippen MR) is 106 cm³/mol. The van der Waals surface area contributed by atoms with Gasteiger partial charge in [-0.3, -0.25) is 9.52 Å². The summed E-state index contributed by atoms with van der Waals surface area (Å²) in [6.45, 7) is 4.21. The molecule has 0 amide bonds. The molecule has 0 spiro atoms. The largest absolute Gasteiger partial charge is 0.317 e. The molecule has 2 aromatic heterocycles. The van der Waals surface area contributed by atoms with E-state index < -0.39 is 0 Å². The topological polar surface area (TPSA) is 59.8 Å². The fraction of sp³-hybridized carbons (Fsp3) is 0.316. The normalized spacial score (nSPS) is 11.0. The maximum Gasteiger partial charge on any atom is 0.258 e. The molecule has 130 valence electrons. The van der Waals surface area contributed by atoms with E-state index in [1.54, 1.807) is 23.6 Å². The molecule has 0 unspecified atom stereocenters. The van der Waals surface area contributed by atoms with Crippen LogP contribution in [-0.4, -0.2) is 20.3 Å². The molecule has 0 saturated heterocycles. The molecule has 3 rings (SSSR count). The van der Waals surface area contributed by atoms with Gasteiger partial charge in [-0.25, -0.2) is 9.97 Å². The van der Waals surface area contributed by atoms with Gasteiger partial charge < -0.3 is 4.57 Å². The summed E-state index contributed by atoms with van der Waals surface area (Å²) in [5.41, 5.74) is 2.96. The van der Waals surface area contributed by atoms with Crippen LogP contribution in [0.2, 0.25) is 0 Å². The van der Waals surface area contributed by atoms with Gasteiger partial charge in [0.25, 0.3) is 5.56 Å². The lowest BCUT2D eigenvalue weighted by Crippen LogP contribution is -2.17. The number of hydrogen-bond acceptors (Lipinski definition) is 5. The SMILES string of the molecule is CCCc1cnc(NSCC)nc1-c1cn(C)c(=O)c2ccccc12. The van der Waals surface area contributed by atoms with Gasteiger partial charge in [0.1, 0.15) is 0 Å². The Kier molecular flexibility index (Phi) is 5.38. The molecule has 3 aromatic rings. The van der Waals surface area contributed by atoms with E-state index in [1.807, 2.05) is 36.7 Å². The molecule has 0 aliphatic rings. The summed E-state index contributed by atoms with van der Waals surface area (Å²) in [5.74, 6) is 1.53. The van der Waals surface area contributed by atoms with Gasteiger partial charge in [-0.15, -0.1) is 0 Å². The van der Waals surface area contributed by atoms with Crippen molar-refractivity contribution in [1.82, 2.24) is 14.5 Å². The lowest BCUT2D eigenvalue weighted by Gasteiger charge is -2.13. The second-order valence-electron chi connectivity index (χ2n) is 5.86. The number of pyridine rings is 1. The summed E-state index contributed by atoms with van der Waals surface area (Å²) in [7, 11) is 1.78. The van der Waals surface area contributed by atoms with Gasteiger partial charge >= 0.3 is 0 Å². The Labute approximate surface area is 151 Å². The van der Waals surface area contributed by atoms with Gasteiger partial charge in [-0.2, -0.15) is 0 Å². The second kappa shape index (κ2) is 7.70. The maximum atomic E-state index is 12.4. The average Bonchev–Trinajstić information content (AvgIpc) is 2.64. The van der Waals surface area contributed by atoms with Crippen LogP contribution in [0.15, 0.2) is 41.5 Å². The van der Waals surface area contributed by atoms with Gasteiger partial charge in [0.05, 0.1) is 5.69 Å². The van der Waals surface area contributed by atoms with Crippen molar-refractivity contribution in [2.75, 3.05) is 10.5 Å². The minimum Gasteiger partial charge on any atom is -0.317 e.